The van der Waals surface area contributed by atoms with Gasteiger partial charge in [-0.15, -0.1) is 0 Å². The van der Waals surface area contributed by atoms with Crippen molar-refractivity contribution in [2.24, 2.45) is 0 Å². The zero-order valence-corrected chi connectivity index (χ0v) is 15.5. The molecule has 0 radical (unpaired) electrons. The van der Waals surface area contributed by atoms with Crippen LogP contribution in [0, 0.1) is 20.8 Å². The van der Waals surface area contributed by atoms with Crippen molar-refractivity contribution in [2.45, 2.75) is 27.4 Å². The van der Waals surface area contributed by atoms with Crippen molar-refractivity contribution in [1.82, 2.24) is 15.0 Å². The molecule has 27 heavy (non-hydrogen) atoms. The number of hydrogen-bond donors (Lipinski definition) is 3. The monoisotopic (exact) mass is 359 g/mol. The summed E-state index contributed by atoms with van der Waals surface area (Å²) < 4.78 is 0. The molecular formula is C22H21N3O2. The van der Waals surface area contributed by atoms with Crippen LogP contribution in [0.5, 0.6) is 5.75 Å². The molecule has 3 aromatic heterocycles. The van der Waals surface area contributed by atoms with Crippen molar-refractivity contribution in [2.75, 3.05) is 0 Å². The maximum atomic E-state index is 10.1. The van der Waals surface area contributed by atoms with E-state index in [2.05, 4.69) is 21.0 Å². The van der Waals surface area contributed by atoms with Crippen molar-refractivity contribution in [3.63, 3.8) is 0 Å². The molecule has 1 aromatic carbocycles. The van der Waals surface area contributed by atoms with Gasteiger partial charge < -0.3 is 15.2 Å². The number of aliphatic hydroxyl groups excluding tert-OH is 1. The average molecular weight is 359 g/mol. The summed E-state index contributed by atoms with van der Waals surface area (Å²) in [5.41, 5.74) is 7.92. The van der Waals surface area contributed by atoms with Gasteiger partial charge in [0.2, 0.25) is 0 Å². The fraction of sp³-hybridized carbons (Fsp3) is 0.182. The van der Waals surface area contributed by atoms with Crippen LogP contribution >= 0.6 is 0 Å². The van der Waals surface area contributed by atoms with E-state index >= 15 is 0 Å². The number of benzene rings is 1. The maximum Gasteiger partial charge on any atom is 0.137 e. The number of nitrogens with one attached hydrogen (secondary N) is 1. The number of aromatic amines is 1. The Hall–Kier alpha value is -3.18. The number of pyridine rings is 2. The first kappa shape index (κ1) is 17.2. The van der Waals surface area contributed by atoms with Gasteiger partial charge in [0.25, 0.3) is 0 Å². The topological polar surface area (TPSA) is 82.0 Å². The molecule has 0 aliphatic rings. The summed E-state index contributed by atoms with van der Waals surface area (Å²) in [7, 11) is 0. The van der Waals surface area contributed by atoms with Crippen molar-refractivity contribution in [3.8, 4) is 28.1 Å². The number of phenolic OH excluding ortho intramolecular Hbond substituents is 1. The van der Waals surface area contributed by atoms with Gasteiger partial charge in [-0.05, 0) is 67.8 Å². The predicted octanol–water partition coefficient (Wildman–Crippen LogP) is 4.42. The molecular weight excluding hydrogens is 338 g/mol. The van der Waals surface area contributed by atoms with E-state index in [4.69, 9.17) is 0 Å². The molecule has 0 aliphatic carbocycles. The smallest absolute Gasteiger partial charge is 0.137 e. The molecule has 3 heterocycles. The Bertz CT molecular complexity index is 1160. The molecule has 0 saturated heterocycles. The van der Waals surface area contributed by atoms with Crippen LogP contribution in [0.2, 0.25) is 0 Å². The summed E-state index contributed by atoms with van der Waals surface area (Å²) in [6.45, 7) is 5.73. The van der Waals surface area contributed by atoms with E-state index in [1.807, 2.05) is 51.2 Å². The Balaban J connectivity index is 1.86. The normalized spacial score (nSPS) is 11.3. The Morgan fingerprint density at radius 1 is 1.04 bits per heavy atom. The van der Waals surface area contributed by atoms with E-state index in [0.717, 1.165) is 50.2 Å². The summed E-state index contributed by atoms with van der Waals surface area (Å²) in [6, 6.07) is 11.6. The van der Waals surface area contributed by atoms with Crippen LogP contribution in [0.15, 0.2) is 42.6 Å². The molecule has 3 N–H and O–H groups in total. The van der Waals surface area contributed by atoms with Crippen LogP contribution in [-0.4, -0.2) is 25.2 Å². The number of phenols is 1. The third kappa shape index (κ3) is 2.96. The van der Waals surface area contributed by atoms with E-state index < -0.39 is 0 Å². The minimum Gasteiger partial charge on any atom is -0.508 e. The fourth-order valence-corrected chi connectivity index (χ4v) is 3.55. The van der Waals surface area contributed by atoms with Crippen LogP contribution in [-0.2, 0) is 6.61 Å². The van der Waals surface area contributed by atoms with Gasteiger partial charge >= 0.3 is 0 Å². The first-order chi connectivity index (χ1) is 13.0. The van der Waals surface area contributed by atoms with Gasteiger partial charge in [-0.1, -0.05) is 6.07 Å². The number of rotatable bonds is 3. The third-order valence-electron chi connectivity index (χ3n) is 4.96. The van der Waals surface area contributed by atoms with E-state index in [1.54, 1.807) is 6.07 Å². The summed E-state index contributed by atoms with van der Waals surface area (Å²) in [5.74, 6) is 0.281. The van der Waals surface area contributed by atoms with Gasteiger partial charge in [-0.3, -0.25) is 4.98 Å². The van der Waals surface area contributed by atoms with Gasteiger partial charge in [0.1, 0.15) is 11.4 Å². The number of fused-ring (bicyclic) bond motifs is 1. The molecule has 0 fully saturated rings. The molecule has 0 amide bonds. The Morgan fingerprint density at radius 3 is 2.63 bits per heavy atom. The van der Waals surface area contributed by atoms with Crippen LogP contribution in [0.25, 0.3) is 33.4 Å². The number of H-pyrrole nitrogens is 1. The molecule has 4 aromatic rings. The standard InChI is InChI=1S/C22H21N3O2/c1-12-4-7-20(27)14(3)21(12)16-8-15-9-18(25-22(15)23-10-16)17-6-5-13(2)24-19(17)11-26/h4-10,26-27H,11H2,1-3H3,(H,23,25). The second-order valence-electron chi connectivity index (χ2n) is 6.85. The van der Waals surface area contributed by atoms with Crippen LogP contribution in [0.1, 0.15) is 22.5 Å². The second-order valence-corrected chi connectivity index (χ2v) is 6.85. The number of aromatic hydroxyl groups is 1. The van der Waals surface area contributed by atoms with E-state index in [-0.39, 0.29) is 12.4 Å². The molecule has 0 bridgehead atoms. The largest absolute Gasteiger partial charge is 0.508 e. The van der Waals surface area contributed by atoms with Crippen molar-refractivity contribution in [1.29, 1.82) is 0 Å². The number of hydrogen-bond acceptors (Lipinski definition) is 4. The van der Waals surface area contributed by atoms with Gasteiger partial charge in [0.05, 0.1) is 12.3 Å². The fourth-order valence-electron chi connectivity index (χ4n) is 3.55. The lowest BCUT2D eigenvalue weighted by Crippen LogP contribution is -1.95. The zero-order chi connectivity index (χ0) is 19.1. The average Bonchev–Trinajstić information content (AvgIpc) is 3.08. The quantitative estimate of drug-likeness (QED) is 0.506. The van der Waals surface area contributed by atoms with E-state index in [1.165, 1.54) is 0 Å². The zero-order valence-electron chi connectivity index (χ0n) is 15.5. The minimum absolute atomic E-state index is 0.118. The molecule has 5 nitrogen and oxygen atoms in total. The highest BCUT2D eigenvalue weighted by molar-refractivity contribution is 5.88. The van der Waals surface area contributed by atoms with Crippen molar-refractivity contribution >= 4 is 11.0 Å². The summed E-state index contributed by atoms with van der Waals surface area (Å²) in [5, 5.41) is 20.7. The van der Waals surface area contributed by atoms with Gasteiger partial charge in [0, 0.05) is 34.1 Å². The Morgan fingerprint density at radius 2 is 1.85 bits per heavy atom. The van der Waals surface area contributed by atoms with E-state index in [9.17, 15) is 10.2 Å². The third-order valence-corrected chi connectivity index (χ3v) is 4.96. The lowest BCUT2D eigenvalue weighted by atomic mass is 9.96. The van der Waals surface area contributed by atoms with Gasteiger partial charge in [0.15, 0.2) is 0 Å². The number of nitrogens with zero attached hydrogens (tertiary/aromatic N) is 2. The molecule has 0 saturated carbocycles. The van der Waals surface area contributed by atoms with Crippen LogP contribution in [0.4, 0.5) is 0 Å². The lowest BCUT2D eigenvalue weighted by Gasteiger charge is -2.11. The van der Waals surface area contributed by atoms with Crippen LogP contribution < -0.4 is 0 Å². The number of aliphatic hydroxyl groups is 1. The molecule has 136 valence electrons. The molecule has 0 unspecified atom stereocenters. The molecule has 0 atom stereocenters. The predicted molar refractivity (Wildman–Crippen MR) is 107 cm³/mol. The summed E-state index contributed by atoms with van der Waals surface area (Å²) >= 11 is 0. The Kier molecular flexibility index (Phi) is 4.16. The highest BCUT2D eigenvalue weighted by Crippen LogP contribution is 2.34. The molecule has 5 heteroatoms. The SMILES string of the molecule is Cc1ccc(-c2cc3cc(-c4c(C)ccc(O)c4C)cnc3[nH]2)c(CO)n1. The second kappa shape index (κ2) is 6.52. The molecule has 0 aliphatic heterocycles. The lowest BCUT2D eigenvalue weighted by molar-refractivity contribution is 0.277. The Labute approximate surface area is 157 Å². The van der Waals surface area contributed by atoms with Crippen LogP contribution in [0.3, 0.4) is 0 Å². The van der Waals surface area contributed by atoms with Crippen molar-refractivity contribution < 1.29 is 10.2 Å². The number of aromatic nitrogens is 3. The van der Waals surface area contributed by atoms with Gasteiger partial charge in [-0.25, -0.2) is 4.98 Å². The highest BCUT2D eigenvalue weighted by atomic mass is 16.3. The first-order valence-corrected chi connectivity index (χ1v) is 8.84. The van der Waals surface area contributed by atoms with E-state index in [0.29, 0.717) is 5.69 Å². The molecule has 4 rings (SSSR count). The minimum atomic E-state index is -0.118. The molecule has 0 spiro atoms. The highest BCUT2D eigenvalue weighted by Gasteiger charge is 2.13. The maximum absolute atomic E-state index is 10.1. The first-order valence-electron chi connectivity index (χ1n) is 8.84. The van der Waals surface area contributed by atoms with Crippen molar-refractivity contribution in [3.05, 3.63) is 65.1 Å². The summed E-state index contributed by atoms with van der Waals surface area (Å²) in [6.07, 6.45) is 1.82. The van der Waals surface area contributed by atoms with Gasteiger partial charge in [-0.2, -0.15) is 0 Å². The number of aryl methyl sites for hydroxylation is 2. The summed E-state index contributed by atoms with van der Waals surface area (Å²) in [4.78, 5) is 12.3.